The van der Waals surface area contributed by atoms with Gasteiger partial charge in [-0.2, -0.15) is 0 Å². The molecular weight excluding hydrogens is 259 g/mol. The number of nitrogens with zero attached hydrogens (tertiary/aromatic N) is 1. The van der Waals surface area contributed by atoms with Gasteiger partial charge < -0.3 is 10.2 Å². The highest BCUT2D eigenvalue weighted by Gasteiger charge is 2.12. The van der Waals surface area contributed by atoms with Crippen molar-refractivity contribution in [2.75, 3.05) is 18.4 Å². The van der Waals surface area contributed by atoms with Gasteiger partial charge in [0, 0.05) is 11.6 Å². The molecule has 1 rings (SSSR count). The summed E-state index contributed by atoms with van der Waals surface area (Å²) in [4.78, 5) is 13.3. The fourth-order valence-electron chi connectivity index (χ4n) is 1.22. The summed E-state index contributed by atoms with van der Waals surface area (Å²) in [5, 5.41) is 3.60. The Kier molecular flexibility index (Phi) is 5.14. The molecule has 0 radical (unpaired) electrons. The monoisotopic (exact) mass is 270 g/mol. The minimum atomic E-state index is -0.297. The van der Waals surface area contributed by atoms with Crippen LogP contribution in [0.25, 0.3) is 0 Å². The third kappa shape index (κ3) is 3.85. The van der Waals surface area contributed by atoms with E-state index in [2.05, 4.69) is 11.2 Å². The number of benzene rings is 1. The minimum absolute atomic E-state index is 0.251. The number of carbonyl (C=O) groups is 1. The van der Waals surface area contributed by atoms with Crippen LogP contribution >= 0.6 is 23.2 Å². The molecule has 0 saturated carbocycles. The molecule has 0 aliphatic carbocycles. The summed E-state index contributed by atoms with van der Waals surface area (Å²) in [7, 11) is 0. The summed E-state index contributed by atoms with van der Waals surface area (Å²) in [5.41, 5.74) is 0.472. The standard InChI is InChI=1S/C12H12Cl2N2O/c1-3-7-16(4-2)12(17)15-11-8-9(13)5-6-10(11)14/h1,5-6,8H,4,7H2,2H3,(H,15,17). The predicted molar refractivity (Wildman–Crippen MR) is 71.6 cm³/mol. The van der Waals surface area contributed by atoms with Crippen LogP contribution in [0.2, 0.25) is 10.0 Å². The van der Waals surface area contributed by atoms with Crippen LogP contribution in [-0.2, 0) is 0 Å². The van der Waals surface area contributed by atoms with E-state index in [4.69, 9.17) is 29.6 Å². The lowest BCUT2D eigenvalue weighted by Crippen LogP contribution is -2.35. The maximum atomic E-state index is 11.8. The van der Waals surface area contributed by atoms with E-state index in [0.29, 0.717) is 22.3 Å². The van der Waals surface area contributed by atoms with Gasteiger partial charge in [0.05, 0.1) is 17.3 Å². The normalized spacial score (nSPS) is 9.53. The summed E-state index contributed by atoms with van der Waals surface area (Å²) >= 11 is 11.8. The van der Waals surface area contributed by atoms with E-state index < -0.39 is 0 Å². The number of amides is 2. The molecule has 0 spiro atoms. The van der Waals surface area contributed by atoms with E-state index in [9.17, 15) is 4.79 Å². The lowest BCUT2D eigenvalue weighted by Gasteiger charge is -2.19. The fraction of sp³-hybridized carbons (Fsp3) is 0.250. The summed E-state index contributed by atoms with van der Waals surface area (Å²) in [6.07, 6.45) is 5.17. The molecule has 0 bridgehead atoms. The molecule has 90 valence electrons. The second kappa shape index (κ2) is 6.39. The van der Waals surface area contributed by atoms with Gasteiger partial charge in [0.15, 0.2) is 0 Å². The molecule has 0 unspecified atom stereocenters. The number of urea groups is 1. The zero-order chi connectivity index (χ0) is 12.8. The zero-order valence-corrected chi connectivity index (χ0v) is 10.8. The van der Waals surface area contributed by atoms with Crippen molar-refractivity contribution in [3.63, 3.8) is 0 Å². The van der Waals surface area contributed by atoms with Crippen LogP contribution < -0.4 is 5.32 Å². The van der Waals surface area contributed by atoms with Crippen molar-refractivity contribution in [1.82, 2.24) is 4.90 Å². The van der Waals surface area contributed by atoms with Gasteiger partial charge in [-0.25, -0.2) is 4.79 Å². The van der Waals surface area contributed by atoms with Crippen LogP contribution in [0.1, 0.15) is 6.92 Å². The number of anilines is 1. The maximum Gasteiger partial charge on any atom is 0.322 e. The molecule has 5 heteroatoms. The average molecular weight is 271 g/mol. The van der Waals surface area contributed by atoms with Crippen molar-refractivity contribution in [3.8, 4) is 12.3 Å². The quantitative estimate of drug-likeness (QED) is 0.839. The van der Waals surface area contributed by atoms with E-state index in [1.165, 1.54) is 4.90 Å². The van der Waals surface area contributed by atoms with E-state index in [-0.39, 0.29) is 12.6 Å². The number of terminal acetylenes is 1. The molecular formula is C12H12Cl2N2O. The van der Waals surface area contributed by atoms with Gasteiger partial charge in [-0.15, -0.1) is 6.42 Å². The van der Waals surface area contributed by atoms with Crippen molar-refractivity contribution >= 4 is 34.9 Å². The number of carbonyl (C=O) groups excluding carboxylic acids is 1. The summed E-state index contributed by atoms with van der Waals surface area (Å²) in [6.45, 7) is 2.62. The molecule has 0 aliphatic heterocycles. The first kappa shape index (κ1) is 13.7. The number of halogens is 2. The molecule has 17 heavy (non-hydrogen) atoms. The van der Waals surface area contributed by atoms with Crippen LogP contribution in [0.4, 0.5) is 10.5 Å². The molecule has 0 fully saturated rings. The number of hydrogen-bond donors (Lipinski definition) is 1. The van der Waals surface area contributed by atoms with Crippen molar-refractivity contribution in [1.29, 1.82) is 0 Å². The molecule has 1 aromatic carbocycles. The summed E-state index contributed by atoms with van der Waals surface area (Å²) in [6, 6.07) is 4.57. The second-order valence-corrected chi connectivity index (χ2v) is 4.12. The number of rotatable bonds is 3. The van der Waals surface area contributed by atoms with E-state index in [1.807, 2.05) is 6.92 Å². The molecule has 1 aromatic rings. The minimum Gasteiger partial charge on any atom is -0.314 e. The van der Waals surface area contributed by atoms with Gasteiger partial charge in [0.1, 0.15) is 0 Å². The molecule has 0 atom stereocenters. The largest absolute Gasteiger partial charge is 0.322 e. The van der Waals surface area contributed by atoms with Gasteiger partial charge in [0.25, 0.3) is 0 Å². The van der Waals surface area contributed by atoms with Crippen LogP contribution in [0.15, 0.2) is 18.2 Å². The van der Waals surface area contributed by atoms with Crippen molar-refractivity contribution in [2.24, 2.45) is 0 Å². The fourth-order valence-corrected chi connectivity index (χ4v) is 1.56. The molecule has 0 heterocycles. The van der Waals surface area contributed by atoms with Gasteiger partial charge in [0.2, 0.25) is 0 Å². The van der Waals surface area contributed by atoms with Gasteiger partial charge in [-0.1, -0.05) is 29.1 Å². The van der Waals surface area contributed by atoms with Crippen LogP contribution in [-0.4, -0.2) is 24.0 Å². The Morgan fingerprint density at radius 1 is 1.53 bits per heavy atom. The molecule has 0 saturated heterocycles. The third-order valence-corrected chi connectivity index (χ3v) is 2.69. The van der Waals surface area contributed by atoms with Gasteiger partial charge in [-0.3, -0.25) is 0 Å². The van der Waals surface area contributed by atoms with E-state index in [1.54, 1.807) is 18.2 Å². The van der Waals surface area contributed by atoms with Crippen LogP contribution in [0.5, 0.6) is 0 Å². The highest BCUT2D eigenvalue weighted by molar-refractivity contribution is 6.35. The Bertz CT molecular complexity index is 454. The van der Waals surface area contributed by atoms with Gasteiger partial charge in [-0.05, 0) is 25.1 Å². The Morgan fingerprint density at radius 2 is 2.24 bits per heavy atom. The Labute approximate surface area is 111 Å². The predicted octanol–water partition coefficient (Wildman–Crippen LogP) is 3.48. The van der Waals surface area contributed by atoms with Crippen LogP contribution in [0, 0.1) is 12.3 Å². The van der Waals surface area contributed by atoms with Gasteiger partial charge >= 0.3 is 6.03 Å². The first-order valence-electron chi connectivity index (χ1n) is 5.03. The van der Waals surface area contributed by atoms with E-state index in [0.717, 1.165) is 0 Å². The van der Waals surface area contributed by atoms with E-state index >= 15 is 0 Å². The topological polar surface area (TPSA) is 32.3 Å². The van der Waals surface area contributed by atoms with Crippen molar-refractivity contribution < 1.29 is 4.79 Å². The number of hydrogen-bond acceptors (Lipinski definition) is 1. The lowest BCUT2D eigenvalue weighted by atomic mass is 10.3. The summed E-state index contributed by atoms with van der Waals surface area (Å²) in [5.74, 6) is 2.42. The van der Waals surface area contributed by atoms with Crippen molar-refractivity contribution in [3.05, 3.63) is 28.2 Å². The Morgan fingerprint density at radius 3 is 2.82 bits per heavy atom. The van der Waals surface area contributed by atoms with Crippen LogP contribution in [0.3, 0.4) is 0 Å². The first-order valence-corrected chi connectivity index (χ1v) is 5.78. The first-order chi connectivity index (χ1) is 8.08. The molecule has 1 N–H and O–H groups in total. The molecule has 2 amide bonds. The second-order valence-electron chi connectivity index (χ2n) is 3.27. The highest BCUT2D eigenvalue weighted by atomic mass is 35.5. The molecule has 0 aliphatic rings. The highest BCUT2D eigenvalue weighted by Crippen LogP contribution is 2.25. The third-order valence-electron chi connectivity index (χ3n) is 2.12. The summed E-state index contributed by atoms with van der Waals surface area (Å²) < 4.78 is 0. The molecule has 3 nitrogen and oxygen atoms in total. The Hall–Kier alpha value is -1.37. The number of nitrogens with one attached hydrogen (secondary N) is 1. The SMILES string of the molecule is C#CCN(CC)C(=O)Nc1cc(Cl)ccc1Cl. The molecule has 0 aromatic heterocycles. The van der Waals surface area contributed by atoms with Crippen molar-refractivity contribution in [2.45, 2.75) is 6.92 Å². The zero-order valence-electron chi connectivity index (χ0n) is 9.34. The smallest absolute Gasteiger partial charge is 0.314 e. The maximum absolute atomic E-state index is 11.8. The average Bonchev–Trinajstić information content (AvgIpc) is 2.30. The Balaban J connectivity index is 2.80. The lowest BCUT2D eigenvalue weighted by molar-refractivity contribution is 0.220.